The zero-order chi connectivity index (χ0) is 19.5. The normalized spacial score (nSPS) is 11.7. The predicted molar refractivity (Wildman–Crippen MR) is 123 cm³/mol. The van der Waals surface area contributed by atoms with Crippen LogP contribution in [0.1, 0.15) is 18.1 Å². The first-order valence-corrected chi connectivity index (χ1v) is 9.63. The molecule has 1 N–H and O–H groups in total. The van der Waals surface area contributed by atoms with E-state index in [0.717, 1.165) is 17.6 Å². The lowest BCUT2D eigenvalue weighted by molar-refractivity contribution is 1.14. The Kier molecular flexibility index (Phi) is 4.90. The maximum atomic E-state index is 7.45. The van der Waals surface area contributed by atoms with E-state index >= 15 is 0 Å². The molecule has 0 saturated heterocycles. The first kappa shape index (κ1) is 17.9. The average Bonchev–Trinajstić information content (AvgIpc) is 2.76. The van der Waals surface area contributed by atoms with Crippen LogP contribution in [0.25, 0.3) is 38.2 Å². The minimum absolute atomic E-state index is 0.960. The van der Waals surface area contributed by atoms with Gasteiger partial charge in [0.1, 0.15) is 0 Å². The van der Waals surface area contributed by atoms with E-state index in [1.54, 1.807) is 6.08 Å². The highest BCUT2D eigenvalue weighted by molar-refractivity contribution is 6.13. The van der Waals surface area contributed by atoms with E-state index in [4.69, 9.17) is 5.41 Å². The summed E-state index contributed by atoms with van der Waals surface area (Å²) in [6.45, 7) is 6.11. The van der Waals surface area contributed by atoms with Crippen LogP contribution in [0, 0.1) is 5.41 Å². The minimum atomic E-state index is 0.960. The molecule has 0 bridgehead atoms. The van der Waals surface area contributed by atoms with Gasteiger partial charge in [0.2, 0.25) is 0 Å². The molecule has 0 aliphatic heterocycles. The third-order valence-corrected chi connectivity index (χ3v) is 5.30. The van der Waals surface area contributed by atoms with Crippen molar-refractivity contribution in [3.8, 4) is 11.1 Å². The largest absolute Gasteiger partial charge is 0.309 e. The first-order valence-electron chi connectivity index (χ1n) is 9.63. The Balaban J connectivity index is 2.05. The molecule has 0 aliphatic carbocycles. The van der Waals surface area contributed by atoms with Crippen LogP contribution in [0.4, 0.5) is 0 Å². The summed E-state index contributed by atoms with van der Waals surface area (Å²) in [4.78, 5) is 0. The predicted octanol–water partition coefficient (Wildman–Crippen LogP) is 7.44. The monoisotopic (exact) mass is 361 g/mol. The molecule has 0 aliphatic rings. The first-order chi connectivity index (χ1) is 13.7. The summed E-state index contributed by atoms with van der Waals surface area (Å²) in [5, 5.41) is 12.5. The second-order valence-corrected chi connectivity index (χ2v) is 6.96. The number of allylic oxidation sites excluding steroid dienone is 3. The smallest absolute Gasteiger partial charge is 0.0183 e. The molecule has 4 rings (SSSR count). The van der Waals surface area contributed by atoms with Crippen LogP contribution in [0.2, 0.25) is 0 Å². The molecule has 0 spiro atoms. The van der Waals surface area contributed by atoms with Gasteiger partial charge >= 0.3 is 0 Å². The van der Waals surface area contributed by atoms with Crippen LogP contribution in [0.15, 0.2) is 91.5 Å². The summed E-state index contributed by atoms with van der Waals surface area (Å²) < 4.78 is 0. The molecule has 0 unspecified atom stereocenters. The standard InChI is InChI=1S/C27H23N/c1-3-19-15-22(20(4-2)13-14-28)17-23(16-19)27-18-21-9-5-6-10-24(21)25-11-7-8-12-26(25)27/h4-18,28H,2-3H2,1H3/b20-13+,28-14?. The summed E-state index contributed by atoms with van der Waals surface area (Å²) in [5.74, 6) is 0. The third kappa shape index (κ3) is 3.16. The van der Waals surface area contributed by atoms with E-state index in [2.05, 4.69) is 86.3 Å². The number of fused-ring (bicyclic) bond motifs is 3. The van der Waals surface area contributed by atoms with Crippen molar-refractivity contribution < 1.29 is 0 Å². The van der Waals surface area contributed by atoms with Crippen molar-refractivity contribution in [2.75, 3.05) is 0 Å². The van der Waals surface area contributed by atoms with Crippen molar-refractivity contribution in [2.45, 2.75) is 13.3 Å². The minimum Gasteiger partial charge on any atom is -0.309 e. The Bertz CT molecular complexity index is 1230. The molecule has 0 atom stereocenters. The van der Waals surface area contributed by atoms with E-state index in [1.165, 1.54) is 44.4 Å². The maximum Gasteiger partial charge on any atom is 0.0183 e. The number of benzene rings is 4. The number of hydrogen-bond donors (Lipinski definition) is 1. The fourth-order valence-electron chi connectivity index (χ4n) is 3.88. The highest BCUT2D eigenvalue weighted by Gasteiger charge is 2.11. The van der Waals surface area contributed by atoms with Gasteiger partial charge in [-0.1, -0.05) is 80.2 Å². The molecular formula is C27H23N. The number of aryl methyl sites for hydroxylation is 1. The van der Waals surface area contributed by atoms with E-state index in [1.807, 2.05) is 6.08 Å². The van der Waals surface area contributed by atoms with Gasteiger partial charge in [-0.05, 0) is 74.0 Å². The van der Waals surface area contributed by atoms with Crippen LogP contribution in [-0.4, -0.2) is 6.21 Å². The highest BCUT2D eigenvalue weighted by Crippen LogP contribution is 2.36. The van der Waals surface area contributed by atoms with Gasteiger partial charge in [-0.3, -0.25) is 0 Å². The lowest BCUT2D eigenvalue weighted by atomic mass is 9.90. The second kappa shape index (κ2) is 7.66. The molecular weight excluding hydrogens is 338 g/mol. The summed E-state index contributed by atoms with van der Waals surface area (Å²) in [6.07, 6.45) is 5.90. The fourth-order valence-corrected chi connectivity index (χ4v) is 3.88. The van der Waals surface area contributed by atoms with Gasteiger partial charge in [0.15, 0.2) is 0 Å². The Morgan fingerprint density at radius 3 is 2.32 bits per heavy atom. The van der Waals surface area contributed by atoms with E-state index < -0.39 is 0 Å². The van der Waals surface area contributed by atoms with Crippen LogP contribution < -0.4 is 0 Å². The van der Waals surface area contributed by atoms with Crippen molar-refractivity contribution in [2.24, 2.45) is 0 Å². The van der Waals surface area contributed by atoms with Gasteiger partial charge in [-0.2, -0.15) is 0 Å². The molecule has 1 nitrogen and oxygen atoms in total. The van der Waals surface area contributed by atoms with E-state index in [0.29, 0.717) is 0 Å². The SMILES string of the molecule is C=C/C(=C\C=N)c1cc(CC)cc(-c2cc3ccccc3c3ccccc23)c1. The lowest BCUT2D eigenvalue weighted by Gasteiger charge is -2.14. The second-order valence-electron chi connectivity index (χ2n) is 6.96. The third-order valence-electron chi connectivity index (χ3n) is 5.30. The Morgan fingerprint density at radius 2 is 1.61 bits per heavy atom. The van der Waals surface area contributed by atoms with Gasteiger partial charge in [0.05, 0.1) is 0 Å². The Labute approximate surface area is 166 Å². The molecule has 0 fully saturated rings. The summed E-state index contributed by atoms with van der Waals surface area (Å²) in [6, 6.07) is 26.2. The van der Waals surface area contributed by atoms with Crippen molar-refractivity contribution in [1.29, 1.82) is 5.41 Å². The van der Waals surface area contributed by atoms with Gasteiger partial charge < -0.3 is 5.41 Å². The van der Waals surface area contributed by atoms with E-state index in [9.17, 15) is 0 Å². The summed E-state index contributed by atoms with van der Waals surface area (Å²) in [7, 11) is 0. The van der Waals surface area contributed by atoms with Crippen molar-refractivity contribution >= 4 is 33.3 Å². The molecule has 0 radical (unpaired) electrons. The van der Waals surface area contributed by atoms with Gasteiger partial charge in [-0.25, -0.2) is 0 Å². The molecule has 0 amide bonds. The fraction of sp³-hybridized carbons (Fsp3) is 0.0741. The summed E-state index contributed by atoms with van der Waals surface area (Å²) in [5.41, 5.74) is 5.79. The zero-order valence-corrected chi connectivity index (χ0v) is 16.1. The molecule has 0 aromatic heterocycles. The van der Waals surface area contributed by atoms with Crippen molar-refractivity contribution in [3.63, 3.8) is 0 Å². The number of nitrogens with one attached hydrogen (secondary N) is 1. The van der Waals surface area contributed by atoms with Crippen LogP contribution >= 0.6 is 0 Å². The van der Waals surface area contributed by atoms with Gasteiger partial charge in [0, 0.05) is 6.21 Å². The lowest BCUT2D eigenvalue weighted by Crippen LogP contribution is -1.91. The van der Waals surface area contributed by atoms with Crippen LogP contribution in [0.5, 0.6) is 0 Å². The zero-order valence-electron chi connectivity index (χ0n) is 16.1. The molecule has 136 valence electrons. The summed E-state index contributed by atoms with van der Waals surface area (Å²) >= 11 is 0. The molecule has 4 aromatic rings. The molecule has 1 heteroatoms. The Morgan fingerprint density at radius 1 is 0.893 bits per heavy atom. The quantitative estimate of drug-likeness (QED) is 0.217. The van der Waals surface area contributed by atoms with Crippen molar-refractivity contribution in [1.82, 2.24) is 0 Å². The average molecular weight is 361 g/mol. The van der Waals surface area contributed by atoms with Crippen LogP contribution in [0.3, 0.4) is 0 Å². The number of hydrogen-bond acceptors (Lipinski definition) is 1. The topological polar surface area (TPSA) is 23.9 Å². The Hall–Kier alpha value is -3.45. The highest BCUT2D eigenvalue weighted by atomic mass is 14.3. The molecule has 28 heavy (non-hydrogen) atoms. The van der Waals surface area contributed by atoms with Crippen molar-refractivity contribution in [3.05, 3.63) is 103 Å². The van der Waals surface area contributed by atoms with Gasteiger partial charge in [-0.15, -0.1) is 0 Å². The molecule has 0 heterocycles. The number of rotatable bonds is 5. The van der Waals surface area contributed by atoms with Crippen LogP contribution in [-0.2, 0) is 6.42 Å². The molecule has 0 saturated carbocycles. The van der Waals surface area contributed by atoms with Gasteiger partial charge in [0.25, 0.3) is 0 Å². The van der Waals surface area contributed by atoms with E-state index in [-0.39, 0.29) is 0 Å². The molecule has 4 aromatic carbocycles. The maximum absolute atomic E-state index is 7.45.